The second-order valence-corrected chi connectivity index (χ2v) is 4.59. The minimum atomic E-state index is -0.289. The molecular weight excluding hydrogens is 271 g/mol. The fourth-order valence-corrected chi connectivity index (χ4v) is 2.04. The van der Waals surface area contributed by atoms with E-state index in [1.165, 1.54) is 12.1 Å². The summed E-state index contributed by atoms with van der Waals surface area (Å²) in [6.07, 6.45) is 0.766. The molecule has 6 heteroatoms. The van der Waals surface area contributed by atoms with Crippen molar-refractivity contribution in [3.05, 3.63) is 42.0 Å². The summed E-state index contributed by atoms with van der Waals surface area (Å²) in [4.78, 5) is 10.5. The highest BCUT2D eigenvalue weighted by Crippen LogP contribution is 2.26. The quantitative estimate of drug-likeness (QED) is 0.885. The summed E-state index contributed by atoms with van der Waals surface area (Å²) < 4.78 is 18.7. The molecule has 1 aromatic heterocycles. The van der Waals surface area contributed by atoms with E-state index in [9.17, 15) is 4.39 Å². The van der Waals surface area contributed by atoms with E-state index < -0.39 is 0 Å². The van der Waals surface area contributed by atoms with E-state index in [2.05, 4.69) is 9.97 Å². The maximum Gasteiger partial charge on any atom is 0.218 e. The Hall–Kier alpha value is -2.21. The summed E-state index contributed by atoms with van der Waals surface area (Å²) in [6, 6.07) is 8.13. The fraction of sp³-hybridized carbons (Fsp3) is 0.333. The lowest BCUT2D eigenvalue weighted by Crippen LogP contribution is -2.22. The van der Waals surface area contributed by atoms with Crippen LogP contribution in [0, 0.1) is 12.7 Å². The first kappa shape index (κ1) is 15.2. The van der Waals surface area contributed by atoms with E-state index in [-0.39, 0.29) is 5.82 Å². The zero-order valence-corrected chi connectivity index (χ0v) is 12.2. The molecule has 5 nitrogen and oxygen atoms in total. The van der Waals surface area contributed by atoms with Gasteiger partial charge in [-0.25, -0.2) is 9.37 Å². The maximum atomic E-state index is 13.5. The van der Waals surface area contributed by atoms with Crippen molar-refractivity contribution in [1.29, 1.82) is 0 Å². The minimum Gasteiger partial charge on any atom is -0.481 e. The highest BCUT2D eigenvalue weighted by atomic mass is 19.1. The zero-order chi connectivity index (χ0) is 15.2. The Balaban J connectivity index is 2.42. The predicted molar refractivity (Wildman–Crippen MR) is 80.4 cm³/mol. The van der Waals surface area contributed by atoms with Crippen molar-refractivity contribution in [2.24, 2.45) is 5.73 Å². The summed E-state index contributed by atoms with van der Waals surface area (Å²) in [5, 5.41) is 0. The van der Waals surface area contributed by atoms with Gasteiger partial charge < -0.3 is 15.4 Å². The van der Waals surface area contributed by atoms with Gasteiger partial charge in [-0.05, 0) is 38.1 Å². The second kappa shape index (κ2) is 6.99. The van der Waals surface area contributed by atoms with Crippen LogP contribution in [0.25, 0.3) is 0 Å². The van der Waals surface area contributed by atoms with Crippen molar-refractivity contribution in [2.45, 2.75) is 13.3 Å². The summed E-state index contributed by atoms with van der Waals surface area (Å²) in [5.41, 5.74) is 6.32. The molecule has 0 fully saturated rings. The van der Waals surface area contributed by atoms with Crippen LogP contribution in [0.2, 0.25) is 0 Å². The van der Waals surface area contributed by atoms with Gasteiger partial charge in [0, 0.05) is 18.3 Å². The summed E-state index contributed by atoms with van der Waals surface area (Å²) >= 11 is 0. The van der Waals surface area contributed by atoms with E-state index in [1.807, 2.05) is 11.0 Å². The number of anilines is 2. The van der Waals surface area contributed by atoms with Gasteiger partial charge in [0.1, 0.15) is 17.5 Å². The van der Waals surface area contributed by atoms with Gasteiger partial charge >= 0.3 is 0 Å². The van der Waals surface area contributed by atoms with Crippen LogP contribution in [-0.4, -0.2) is 30.2 Å². The number of nitrogens with zero attached hydrogens (tertiary/aromatic N) is 3. The number of aryl methyl sites for hydroxylation is 1. The summed E-state index contributed by atoms with van der Waals surface area (Å²) in [7, 11) is 1.55. The molecule has 0 radical (unpaired) electrons. The average molecular weight is 290 g/mol. The number of aromatic nitrogens is 2. The molecule has 0 atom stereocenters. The molecule has 0 aliphatic heterocycles. The van der Waals surface area contributed by atoms with Gasteiger partial charge in [-0.3, -0.25) is 0 Å². The SMILES string of the molecule is COc1cc(N(CCCN)c2cccc(F)c2)nc(C)n1. The van der Waals surface area contributed by atoms with Gasteiger partial charge in [0.25, 0.3) is 0 Å². The third-order valence-electron chi connectivity index (χ3n) is 2.99. The molecule has 0 unspecified atom stereocenters. The number of ether oxygens (including phenoxy) is 1. The average Bonchev–Trinajstić information content (AvgIpc) is 2.47. The highest BCUT2D eigenvalue weighted by molar-refractivity contribution is 5.60. The molecule has 112 valence electrons. The monoisotopic (exact) mass is 290 g/mol. The minimum absolute atomic E-state index is 0.289. The second-order valence-electron chi connectivity index (χ2n) is 4.59. The molecule has 1 heterocycles. The van der Waals surface area contributed by atoms with Gasteiger partial charge in [-0.2, -0.15) is 4.98 Å². The number of hydrogen-bond donors (Lipinski definition) is 1. The molecule has 0 spiro atoms. The number of hydrogen-bond acceptors (Lipinski definition) is 5. The topological polar surface area (TPSA) is 64.3 Å². The van der Waals surface area contributed by atoms with Crippen LogP contribution < -0.4 is 15.4 Å². The van der Waals surface area contributed by atoms with E-state index >= 15 is 0 Å². The van der Waals surface area contributed by atoms with Gasteiger partial charge in [-0.1, -0.05) is 6.07 Å². The number of rotatable bonds is 6. The number of methoxy groups -OCH3 is 1. The Kier molecular flexibility index (Phi) is 5.05. The Morgan fingerprint density at radius 3 is 2.76 bits per heavy atom. The van der Waals surface area contributed by atoms with Crippen molar-refractivity contribution >= 4 is 11.5 Å². The van der Waals surface area contributed by atoms with Crippen LogP contribution >= 0.6 is 0 Å². The van der Waals surface area contributed by atoms with Crippen LogP contribution in [0.4, 0.5) is 15.9 Å². The number of halogens is 1. The molecule has 0 amide bonds. The third-order valence-corrected chi connectivity index (χ3v) is 2.99. The number of benzene rings is 1. The molecule has 1 aromatic carbocycles. The summed E-state index contributed by atoms with van der Waals surface area (Å²) in [5.74, 6) is 1.45. The van der Waals surface area contributed by atoms with Crippen molar-refractivity contribution < 1.29 is 9.13 Å². The molecule has 21 heavy (non-hydrogen) atoms. The van der Waals surface area contributed by atoms with Crippen molar-refractivity contribution in [3.8, 4) is 5.88 Å². The molecule has 0 aliphatic carbocycles. The van der Waals surface area contributed by atoms with E-state index in [0.29, 0.717) is 30.6 Å². The number of nitrogens with two attached hydrogens (primary N) is 1. The molecule has 2 rings (SSSR count). The van der Waals surface area contributed by atoms with Gasteiger partial charge in [0.15, 0.2) is 0 Å². The standard InChI is InChI=1S/C15H19FN4O/c1-11-18-14(10-15(19-11)21-2)20(8-4-7-17)13-6-3-5-12(16)9-13/h3,5-6,9-10H,4,7-8,17H2,1-2H3. The zero-order valence-electron chi connectivity index (χ0n) is 12.2. The van der Waals surface area contributed by atoms with Gasteiger partial charge in [-0.15, -0.1) is 0 Å². The molecule has 2 N–H and O–H groups in total. The normalized spacial score (nSPS) is 10.5. The Labute approximate surface area is 123 Å². The Morgan fingerprint density at radius 1 is 1.29 bits per heavy atom. The first-order valence-electron chi connectivity index (χ1n) is 6.77. The van der Waals surface area contributed by atoms with Crippen LogP contribution in [0.1, 0.15) is 12.2 Å². The van der Waals surface area contributed by atoms with Crippen molar-refractivity contribution in [3.63, 3.8) is 0 Å². The van der Waals surface area contributed by atoms with E-state index in [4.69, 9.17) is 10.5 Å². The smallest absolute Gasteiger partial charge is 0.218 e. The predicted octanol–water partition coefficient (Wildman–Crippen LogP) is 2.42. The van der Waals surface area contributed by atoms with Crippen molar-refractivity contribution in [2.75, 3.05) is 25.1 Å². The molecule has 0 saturated carbocycles. The van der Waals surface area contributed by atoms with Crippen molar-refractivity contribution in [1.82, 2.24) is 9.97 Å². The summed E-state index contributed by atoms with van der Waals surface area (Å²) in [6.45, 7) is 2.98. The Bertz CT molecular complexity index is 606. The van der Waals surface area contributed by atoms with Crippen LogP contribution in [0.5, 0.6) is 5.88 Å². The van der Waals surface area contributed by atoms with Gasteiger partial charge in [0.05, 0.1) is 7.11 Å². The molecule has 0 aliphatic rings. The fourth-order valence-electron chi connectivity index (χ4n) is 2.04. The lowest BCUT2D eigenvalue weighted by Gasteiger charge is -2.24. The maximum absolute atomic E-state index is 13.5. The molecular formula is C15H19FN4O. The largest absolute Gasteiger partial charge is 0.481 e. The third kappa shape index (κ3) is 3.88. The van der Waals surface area contributed by atoms with E-state index in [1.54, 1.807) is 26.2 Å². The molecule has 2 aromatic rings. The Morgan fingerprint density at radius 2 is 2.10 bits per heavy atom. The first-order chi connectivity index (χ1) is 10.1. The van der Waals surface area contributed by atoms with Crippen LogP contribution in [-0.2, 0) is 0 Å². The first-order valence-corrected chi connectivity index (χ1v) is 6.77. The highest BCUT2D eigenvalue weighted by Gasteiger charge is 2.13. The molecule has 0 saturated heterocycles. The van der Waals surface area contributed by atoms with E-state index in [0.717, 1.165) is 12.1 Å². The van der Waals surface area contributed by atoms with Crippen LogP contribution in [0.15, 0.2) is 30.3 Å². The van der Waals surface area contributed by atoms with Crippen LogP contribution in [0.3, 0.4) is 0 Å². The molecule has 0 bridgehead atoms. The lowest BCUT2D eigenvalue weighted by molar-refractivity contribution is 0.395. The lowest BCUT2D eigenvalue weighted by atomic mass is 10.2. The van der Waals surface area contributed by atoms with Gasteiger partial charge in [0.2, 0.25) is 5.88 Å².